The number of nitrogens with zero attached hydrogens (tertiary/aromatic N) is 4. The third kappa shape index (κ3) is 12.6. The summed E-state index contributed by atoms with van der Waals surface area (Å²) >= 11 is 0. The molecule has 0 bridgehead atoms. The molecule has 0 saturated carbocycles. The van der Waals surface area contributed by atoms with Gasteiger partial charge in [0.2, 0.25) is 0 Å². The topological polar surface area (TPSA) is 42.6 Å². The molecule has 6 heteroatoms. The fourth-order valence-corrected chi connectivity index (χ4v) is 19.5. The Kier molecular flexibility index (Phi) is 17.8. The highest BCUT2D eigenvalue weighted by atomic mass is 16.3. The molecule has 0 aliphatic heterocycles. The van der Waals surface area contributed by atoms with Crippen molar-refractivity contribution in [2.45, 2.75) is 0 Å². The number of para-hydroxylation sites is 7. The van der Waals surface area contributed by atoms with Crippen LogP contribution in [0.25, 0.3) is 199 Å². The molecule has 0 unspecified atom stereocenters. The van der Waals surface area contributed by atoms with E-state index in [-0.39, 0.29) is 0 Å². The van der Waals surface area contributed by atoms with Crippen molar-refractivity contribution in [3.8, 4) is 112 Å². The lowest BCUT2D eigenvalue weighted by atomic mass is 9.93. The lowest BCUT2D eigenvalue weighted by molar-refractivity contribution is 0.669. The standard InChI is InChI=1S/C120H78N4O2/c1-4-27-79(28-5-1)80-57-65-90(66-58-80)121(91-67-63-83(64-68-91)88-33-24-36-95(77-88)124-109-46-18-11-38-101(109)102-39-12-19-47-110(102)124)94-35-25-34-89(78-94)98-73-74-100(119-117(98)106-42-15-22-51-114(106)125-119)87-55-53-86(54-56-87)97-44-26-50-113-116(97)105-41-14-21-49-112(105)123(113)93-71-61-82(62-72-93)81-59-69-92(70-60-81)122(108-45-17-10-37-96(108)84-29-6-2-7-30-84)111-48-20-13-40-103(111)104-76-75-99(85-31-8-3-9-32-85)120-118(104)107-43-16-23-52-115(107)126-120/h1-78H. The summed E-state index contributed by atoms with van der Waals surface area (Å²) in [6.45, 7) is 0. The number of anilines is 6. The van der Waals surface area contributed by atoms with E-state index in [0.717, 1.165) is 189 Å². The van der Waals surface area contributed by atoms with Gasteiger partial charge in [-0.25, -0.2) is 0 Å². The van der Waals surface area contributed by atoms with Crippen LogP contribution in [0.3, 0.4) is 0 Å². The molecule has 0 saturated heterocycles. The second-order valence-corrected chi connectivity index (χ2v) is 32.5. The largest absolute Gasteiger partial charge is 0.455 e. The quantitative estimate of drug-likeness (QED) is 0.0911. The maximum Gasteiger partial charge on any atom is 0.143 e. The second kappa shape index (κ2) is 30.7. The molecule has 0 radical (unpaired) electrons. The Balaban J connectivity index is 0.547. The highest BCUT2D eigenvalue weighted by Crippen LogP contribution is 2.52. The second-order valence-electron chi connectivity index (χ2n) is 32.5. The van der Waals surface area contributed by atoms with Crippen LogP contribution >= 0.6 is 0 Å². The first-order valence-corrected chi connectivity index (χ1v) is 43.1. The minimum absolute atomic E-state index is 0.845. The molecule has 0 spiro atoms. The average molecular weight is 1610 g/mol. The van der Waals surface area contributed by atoms with Crippen LogP contribution in [0.2, 0.25) is 0 Å². The fraction of sp³-hybridized carbons (Fsp3) is 0. The monoisotopic (exact) mass is 1610 g/mol. The van der Waals surface area contributed by atoms with Crippen LogP contribution in [0.5, 0.6) is 0 Å². The maximum absolute atomic E-state index is 7.06. The van der Waals surface area contributed by atoms with Gasteiger partial charge in [0, 0.05) is 99.5 Å². The van der Waals surface area contributed by atoms with Crippen molar-refractivity contribution in [1.29, 1.82) is 0 Å². The molecule has 20 aromatic carbocycles. The summed E-state index contributed by atoms with van der Waals surface area (Å²) in [4.78, 5) is 4.81. The number of hydrogen-bond acceptors (Lipinski definition) is 4. The molecule has 24 aromatic rings. The Labute approximate surface area is 729 Å². The molecule has 0 amide bonds. The third-order valence-corrected chi connectivity index (χ3v) is 25.4. The Morgan fingerprint density at radius 2 is 0.516 bits per heavy atom. The van der Waals surface area contributed by atoms with E-state index in [1.54, 1.807) is 0 Å². The number of rotatable bonds is 17. The molecule has 4 heterocycles. The van der Waals surface area contributed by atoms with Crippen molar-refractivity contribution in [2.75, 3.05) is 9.80 Å². The van der Waals surface area contributed by atoms with Crippen molar-refractivity contribution in [2.24, 2.45) is 0 Å². The SMILES string of the molecule is c1ccc(-c2ccc(N(c3ccc(-c4cccc(-n5c6ccccc6c6ccccc65)c4)cc3)c3cccc(-c4ccc(-c5ccc(-c6cccc7c6c6ccccc6n7-c6ccc(-c7ccc(N(c8ccccc8-c8ccccc8)c8ccccc8-c8ccc(-c9ccccc9)c9oc%10ccccc%10c89)cc7)cc6)cc5)c5oc6ccccc6c45)c3)cc2)cc1. The van der Waals surface area contributed by atoms with Gasteiger partial charge in [0.05, 0.1) is 33.4 Å². The lowest BCUT2D eigenvalue weighted by Crippen LogP contribution is -2.12. The highest BCUT2D eigenvalue weighted by molar-refractivity contribution is 6.20. The summed E-state index contributed by atoms with van der Waals surface area (Å²) in [7, 11) is 0. The van der Waals surface area contributed by atoms with E-state index >= 15 is 0 Å². The molecule has 4 aromatic heterocycles. The molecular weight excluding hydrogens is 1530 g/mol. The molecular formula is C120H78N4O2. The molecule has 0 aliphatic rings. The first-order valence-electron chi connectivity index (χ1n) is 43.1. The Morgan fingerprint density at radius 3 is 1.10 bits per heavy atom. The Bertz CT molecular complexity index is 8240. The van der Waals surface area contributed by atoms with Gasteiger partial charge in [-0.1, -0.05) is 340 Å². The van der Waals surface area contributed by atoms with E-state index in [2.05, 4.69) is 492 Å². The summed E-state index contributed by atoms with van der Waals surface area (Å²) < 4.78 is 18.7. The number of hydrogen-bond donors (Lipinski definition) is 0. The van der Waals surface area contributed by atoms with Gasteiger partial charge in [0.25, 0.3) is 0 Å². The third-order valence-electron chi connectivity index (χ3n) is 25.4. The molecule has 24 rings (SSSR count). The van der Waals surface area contributed by atoms with Crippen molar-refractivity contribution < 1.29 is 8.83 Å². The summed E-state index contributed by atoms with van der Waals surface area (Å²) in [5.74, 6) is 0. The number of fused-ring (bicyclic) bond motifs is 12. The summed E-state index contributed by atoms with van der Waals surface area (Å²) in [6, 6.07) is 172. The fourth-order valence-electron chi connectivity index (χ4n) is 19.5. The first kappa shape index (κ1) is 73.1. The summed E-state index contributed by atoms with van der Waals surface area (Å²) in [6.07, 6.45) is 0. The van der Waals surface area contributed by atoms with E-state index in [4.69, 9.17) is 8.83 Å². The maximum atomic E-state index is 7.06. The average Bonchev–Trinajstić information content (AvgIpc) is 1.51. The van der Waals surface area contributed by atoms with Crippen molar-refractivity contribution in [3.05, 3.63) is 473 Å². The molecule has 0 fully saturated rings. The van der Waals surface area contributed by atoms with Gasteiger partial charge in [0.15, 0.2) is 0 Å². The highest BCUT2D eigenvalue weighted by Gasteiger charge is 2.27. The first-order chi connectivity index (χ1) is 62.5. The summed E-state index contributed by atoms with van der Waals surface area (Å²) in [5.41, 5.74) is 36.7. The minimum Gasteiger partial charge on any atom is -0.455 e. The normalized spacial score (nSPS) is 11.7. The van der Waals surface area contributed by atoms with Crippen LogP contribution in [-0.2, 0) is 0 Å². The van der Waals surface area contributed by atoms with Gasteiger partial charge in [-0.2, -0.15) is 0 Å². The number of furan rings is 2. The zero-order valence-corrected chi connectivity index (χ0v) is 68.6. The van der Waals surface area contributed by atoms with Gasteiger partial charge in [-0.15, -0.1) is 0 Å². The Hall–Kier alpha value is -16.8. The zero-order chi connectivity index (χ0) is 83.1. The van der Waals surface area contributed by atoms with Gasteiger partial charge < -0.3 is 27.8 Å². The van der Waals surface area contributed by atoms with E-state index < -0.39 is 0 Å². The van der Waals surface area contributed by atoms with Crippen LogP contribution in [0.4, 0.5) is 34.1 Å². The lowest BCUT2D eigenvalue weighted by Gasteiger charge is -2.30. The number of benzene rings is 20. The van der Waals surface area contributed by atoms with E-state index in [1.165, 1.54) is 43.7 Å². The van der Waals surface area contributed by atoms with Crippen molar-refractivity contribution in [1.82, 2.24) is 9.13 Å². The Morgan fingerprint density at radius 1 is 0.167 bits per heavy atom. The van der Waals surface area contributed by atoms with Crippen LogP contribution in [-0.4, -0.2) is 9.13 Å². The van der Waals surface area contributed by atoms with Crippen LogP contribution in [0.1, 0.15) is 0 Å². The van der Waals surface area contributed by atoms with Gasteiger partial charge in [0.1, 0.15) is 22.3 Å². The smallest absolute Gasteiger partial charge is 0.143 e. The molecule has 126 heavy (non-hydrogen) atoms. The molecule has 0 atom stereocenters. The number of aromatic nitrogens is 2. The summed E-state index contributed by atoms with van der Waals surface area (Å²) in [5, 5.41) is 9.21. The molecule has 0 aliphatic carbocycles. The van der Waals surface area contributed by atoms with E-state index in [9.17, 15) is 0 Å². The van der Waals surface area contributed by atoms with Gasteiger partial charge in [-0.3, -0.25) is 0 Å². The predicted molar refractivity (Wildman–Crippen MR) is 528 cm³/mol. The molecule has 0 N–H and O–H groups in total. The van der Waals surface area contributed by atoms with Crippen molar-refractivity contribution in [3.63, 3.8) is 0 Å². The van der Waals surface area contributed by atoms with Gasteiger partial charge >= 0.3 is 0 Å². The molecule has 6 nitrogen and oxygen atoms in total. The van der Waals surface area contributed by atoms with Gasteiger partial charge in [-0.05, 0) is 211 Å². The van der Waals surface area contributed by atoms with Crippen molar-refractivity contribution >= 4 is 122 Å². The minimum atomic E-state index is 0.845. The predicted octanol–water partition coefficient (Wildman–Crippen LogP) is 33.6. The van der Waals surface area contributed by atoms with E-state index in [1.807, 2.05) is 0 Å². The van der Waals surface area contributed by atoms with E-state index in [0.29, 0.717) is 0 Å². The molecule has 590 valence electrons. The van der Waals surface area contributed by atoms with Crippen LogP contribution in [0.15, 0.2) is 482 Å². The van der Waals surface area contributed by atoms with Crippen LogP contribution < -0.4 is 9.80 Å². The zero-order valence-electron chi connectivity index (χ0n) is 68.6. The van der Waals surface area contributed by atoms with Crippen LogP contribution in [0, 0.1) is 0 Å².